The Morgan fingerprint density at radius 3 is 2.57 bits per heavy atom. The maximum Gasteiger partial charge on any atom is 0.214 e. The highest BCUT2D eigenvalue weighted by Gasteiger charge is 2.15. The molecule has 0 aromatic carbocycles. The summed E-state index contributed by atoms with van der Waals surface area (Å²) in [7, 11) is 0. The molecule has 72 valence electrons. The van der Waals surface area contributed by atoms with Crippen LogP contribution >= 0.6 is 54.5 Å². The second-order valence-electron chi connectivity index (χ2n) is 2.56. The molecule has 2 rings (SSSR count). The fourth-order valence-electron chi connectivity index (χ4n) is 1.000. The Balaban J connectivity index is 2.38. The number of halogens is 2. The van der Waals surface area contributed by atoms with Crippen LogP contribution in [0.25, 0.3) is 0 Å². The summed E-state index contributed by atoms with van der Waals surface area (Å²) in [5.41, 5.74) is 0. The molecule has 2 aromatic rings. The largest absolute Gasteiger partial charge is 0.287 e. The van der Waals surface area contributed by atoms with Crippen LogP contribution in [-0.2, 0) is 0 Å². The summed E-state index contributed by atoms with van der Waals surface area (Å²) in [5, 5.41) is 3.81. The number of carbonyl (C=O) groups excluding carboxylic acids is 1. The number of hydrogen-bond acceptors (Lipinski definition) is 3. The predicted molar refractivity (Wildman–Crippen MR) is 67.5 cm³/mol. The molecule has 0 aliphatic carbocycles. The Labute approximate surface area is 106 Å². The molecule has 0 saturated heterocycles. The first-order valence-corrected chi connectivity index (χ1v) is 7.05. The molecule has 0 N–H and O–H groups in total. The van der Waals surface area contributed by atoms with Crippen molar-refractivity contribution in [3.8, 4) is 0 Å². The minimum atomic E-state index is 0.0857. The number of carbonyl (C=O) groups is 1. The quantitative estimate of drug-likeness (QED) is 0.724. The van der Waals surface area contributed by atoms with E-state index in [0.29, 0.717) is 0 Å². The van der Waals surface area contributed by atoms with Gasteiger partial charge in [0.2, 0.25) is 5.78 Å². The van der Waals surface area contributed by atoms with Gasteiger partial charge in [0.25, 0.3) is 0 Å². The van der Waals surface area contributed by atoms with Crippen LogP contribution in [0.4, 0.5) is 0 Å². The van der Waals surface area contributed by atoms with Crippen molar-refractivity contribution in [1.82, 2.24) is 0 Å². The molecule has 0 amide bonds. The molecule has 0 atom stereocenters. The molecule has 0 saturated carbocycles. The van der Waals surface area contributed by atoms with Crippen molar-refractivity contribution in [2.75, 3.05) is 0 Å². The lowest BCUT2D eigenvalue weighted by Crippen LogP contribution is -1.95. The molecular weight excluding hydrogens is 348 g/mol. The predicted octanol–water partition coefficient (Wildman–Crippen LogP) is 4.57. The van der Waals surface area contributed by atoms with Crippen LogP contribution in [0.5, 0.6) is 0 Å². The molecule has 0 radical (unpaired) electrons. The van der Waals surface area contributed by atoms with E-state index in [1.807, 2.05) is 22.9 Å². The summed E-state index contributed by atoms with van der Waals surface area (Å²) in [6, 6.07) is 3.74. The topological polar surface area (TPSA) is 17.1 Å². The van der Waals surface area contributed by atoms with E-state index in [2.05, 4.69) is 31.9 Å². The van der Waals surface area contributed by atoms with Crippen LogP contribution in [0, 0.1) is 0 Å². The molecule has 0 unspecified atom stereocenters. The summed E-state index contributed by atoms with van der Waals surface area (Å²) in [6.07, 6.45) is 0. The molecule has 2 aromatic heterocycles. The van der Waals surface area contributed by atoms with E-state index >= 15 is 0 Å². The summed E-state index contributed by atoms with van der Waals surface area (Å²) < 4.78 is 1.83. The second-order valence-corrected chi connectivity index (χ2v) is 6.15. The van der Waals surface area contributed by atoms with Gasteiger partial charge in [-0.25, -0.2) is 0 Å². The highest BCUT2D eigenvalue weighted by Crippen LogP contribution is 2.29. The minimum absolute atomic E-state index is 0.0857. The minimum Gasteiger partial charge on any atom is -0.287 e. The van der Waals surface area contributed by atoms with E-state index in [4.69, 9.17) is 0 Å². The zero-order valence-corrected chi connectivity index (χ0v) is 11.6. The number of hydrogen-bond donors (Lipinski definition) is 0. The van der Waals surface area contributed by atoms with E-state index in [1.54, 1.807) is 0 Å². The van der Waals surface area contributed by atoms with Gasteiger partial charge in [0, 0.05) is 14.3 Å². The van der Waals surface area contributed by atoms with Crippen molar-refractivity contribution < 1.29 is 4.79 Å². The Bertz CT molecular complexity index is 473. The molecule has 0 aliphatic rings. The van der Waals surface area contributed by atoms with Gasteiger partial charge in [-0.3, -0.25) is 4.79 Å². The third-order valence-corrected chi connectivity index (χ3v) is 5.14. The lowest BCUT2D eigenvalue weighted by atomic mass is 10.3. The molecule has 0 fully saturated rings. The highest BCUT2D eigenvalue weighted by molar-refractivity contribution is 9.10. The second kappa shape index (κ2) is 4.26. The molecular formula is C9H4Br2OS2. The zero-order chi connectivity index (χ0) is 10.1. The van der Waals surface area contributed by atoms with Gasteiger partial charge in [0.15, 0.2) is 0 Å². The molecule has 5 heteroatoms. The van der Waals surface area contributed by atoms with E-state index in [-0.39, 0.29) is 5.78 Å². The third kappa shape index (κ3) is 2.00. The fraction of sp³-hybridized carbons (Fsp3) is 0. The molecule has 0 spiro atoms. The smallest absolute Gasteiger partial charge is 0.214 e. The molecule has 14 heavy (non-hydrogen) atoms. The van der Waals surface area contributed by atoms with Gasteiger partial charge >= 0.3 is 0 Å². The van der Waals surface area contributed by atoms with Crippen LogP contribution in [0.15, 0.2) is 31.8 Å². The lowest BCUT2D eigenvalue weighted by molar-refractivity contribution is 0.104. The van der Waals surface area contributed by atoms with E-state index in [1.165, 1.54) is 22.7 Å². The van der Waals surface area contributed by atoms with Gasteiger partial charge in [0.1, 0.15) is 0 Å². The van der Waals surface area contributed by atoms with E-state index < -0.39 is 0 Å². The molecule has 2 heterocycles. The highest BCUT2D eigenvalue weighted by atomic mass is 79.9. The Morgan fingerprint density at radius 1 is 1.29 bits per heavy atom. The van der Waals surface area contributed by atoms with Crippen LogP contribution in [0.3, 0.4) is 0 Å². The van der Waals surface area contributed by atoms with Gasteiger partial charge in [0.05, 0.1) is 9.75 Å². The number of thiophene rings is 2. The average molecular weight is 352 g/mol. The van der Waals surface area contributed by atoms with Crippen molar-refractivity contribution in [3.05, 3.63) is 41.6 Å². The third-order valence-electron chi connectivity index (χ3n) is 1.61. The number of rotatable bonds is 2. The van der Waals surface area contributed by atoms with E-state index in [9.17, 15) is 4.79 Å². The molecule has 1 nitrogen and oxygen atoms in total. The normalized spacial score (nSPS) is 10.4. The lowest BCUT2D eigenvalue weighted by Gasteiger charge is -1.93. The fourth-order valence-corrected chi connectivity index (χ4v) is 3.94. The summed E-state index contributed by atoms with van der Waals surface area (Å²) in [4.78, 5) is 13.4. The van der Waals surface area contributed by atoms with Crippen molar-refractivity contribution in [2.24, 2.45) is 0 Å². The van der Waals surface area contributed by atoms with Gasteiger partial charge < -0.3 is 0 Å². The Hall–Kier alpha value is 0.0300. The van der Waals surface area contributed by atoms with Gasteiger partial charge in [-0.2, -0.15) is 0 Å². The first-order valence-electron chi connectivity index (χ1n) is 3.70. The maximum atomic E-state index is 11.9. The first-order chi connectivity index (χ1) is 6.68. The summed E-state index contributed by atoms with van der Waals surface area (Å²) in [6.45, 7) is 0. The van der Waals surface area contributed by atoms with Crippen LogP contribution in [0.2, 0.25) is 0 Å². The van der Waals surface area contributed by atoms with Crippen molar-refractivity contribution in [3.63, 3.8) is 0 Å². The standard InChI is InChI=1S/C9H4Br2OS2/c10-5-3-7(14-4-5)8(12)9-6(11)1-2-13-9/h1-4H. The molecule has 0 aliphatic heterocycles. The monoisotopic (exact) mass is 350 g/mol. The zero-order valence-electron chi connectivity index (χ0n) is 6.79. The van der Waals surface area contributed by atoms with Gasteiger partial charge in [-0.15, -0.1) is 22.7 Å². The summed E-state index contributed by atoms with van der Waals surface area (Å²) >= 11 is 9.60. The number of ketones is 1. The van der Waals surface area contributed by atoms with Crippen molar-refractivity contribution >= 4 is 60.3 Å². The first kappa shape index (κ1) is 10.5. The Kier molecular flexibility index (Phi) is 3.21. The Morgan fingerprint density at radius 2 is 2.07 bits per heavy atom. The van der Waals surface area contributed by atoms with Crippen LogP contribution in [0.1, 0.15) is 14.5 Å². The average Bonchev–Trinajstić information content (AvgIpc) is 2.73. The van der Waals surface area contributed by atoms with Crippen molar-refractivity contribution in [2.45, 2.75) is 0 Å². The van der Waals surface area contributed by atoms with Crippen LogP contribution < -0.4 is 0 Å². The van der Waals surface area contributed by atoms with Crippen molar-refractivity contribution in [1.29, 1.82) is 0 Å². The maximum absolute atomic E-state index is 11.9. The van der Waals surface area contributed by atoms with E-state index in [0.717, 1.165) is 18.7 Å². The van der Waals surface area contributed by atoms with Gasteiger partial charge in [-0.05, 0) is 49.4 Å². The van der Waals surface area contributed by atoms with Gasteiger partial charge in [-0.1, -0.05) is 0 Å². The molecule has 0 bridgehead atoms. The summed E-state index contributed by atoms with van der Waals surface area (Å²) in [5.74, 6) is 0.0857. The van der Waals surface area contributed by atoms with Crippen LogP contribution in [-0.4, -0.2) is 5.78 Å². The SMILES string of the molecule is O=C(c1cc(Br)cs1)c1sccc1Br.